The quantitative estimate of drug-likeness (QED) is 0.349. The highest BCUT2D eigenvalue weighted by Gasteiger charge is 2.34. The van der Waals surface area contributed by atoms with Gasteiger partial charge in [0.05, 0.1) is 20.8 Å². The van der Waals surface area contributed by atoms with E-state index in [1.807, 2.05) is 0 Å². The summed E-state index contributed by atoms with van der Waals surface area (Å²) >= 11 is 1.54. The monoisotopic (exact) mass is 534 g/mol. The van der Waals surface area contributed by atoms with Crippen LogP contribution in [-0.4, -0.2) is 28.0 Å². The summed E-state index contributed by atoms with van der Waals surface area (Å²) in [6.45, 7) is 5.05. The first-order valence-corrected chi connectivity index (χ1v) is 12.9. The van der Waals surface area contributed by atoms with Crippen molar-refractivity contribution in [3.8, 4) is 5.75 Å². The van der Waals surface area contributed by atoms with Crippen LogP contribution in [0.1, 0.15) is 78.9 Å². The first kappa shape index (κ1) is 26.9. The lowest BCUT2D eigenvalue weighted by molar-refractivity contribution is -0.142. The number of carboxylic acid groups (broad SMARTS) is 1. The molecule has 6 nitrogen and oxygen atoms in total. The lowest BCUT2D eigenvalue weighted by atomic mass is 9.86. The van der Waals surface area contributed by atoms with Crippen LogP contribution in [0.25, 0.3) is 10.2 Å². The number of hydrogen-bond donors (Lipinski definition) is 2. The van der Waals surface area contributed by atoms with Crippen LogP contribution in [0.4, 0.5) is 13.2 Å². The van der Waals surface area contributed by atoms with Crippen LogP contribution in [0, 0.1) is 5.41 Å². The maximum absolute atomic E-state index is 13.3. The Morgan fingerprint density at radius 3 is 2.32 bits per heavy atom. The number of thiazole rings is 1. The highest BCUT2D eigenvalue weighted by molar-refractivity contribution is 7.18. The molecule has 3 aromatic rings. The fraction of sp³-hybridized carbons (Fsp3) is 0.444. The van der Waals surface area contributed by atoms with Crippen LogP contribution in [0.2, 0.25) is 0 Å². The number of ether oxygens (including phenoxy) is 1. The van der Waals surface area contributed by atoms with Gasteiger partial charge < -0.3 is 15.2 Å². The van der Waals surface area contributed by atoms with Gasteiger partial charge in [0, 0.05) is 5.92 Å². The number of halogens is 3. The molecule has 1 saturated carbocycles. The largest absolute Gasteiger partial charge is 0.486 e. The van der Waals surface area contributed by atoms with Crippen LogP contribution in [0.3, 0.4) is 0 Å². The fourth-order valence-corrected chi connectivity index (χ4v) is 5.60. The zero-order valence-electron chi connectivity index (χ0n) is 20.8. The number of rotatable bonds is 7. The summed E-state index contributed by atoms with van der Waals surface area (Å²) in [7, 11) is 0. The van der Waals surface area contributed by atoms with E-state index in [2.05, 4.69) is 5.32 Å². The van der Waals surface area contributed by atoms with E-state index in [4.69, 9.17) is 9.72 Å². The molecule has 1 fully saturated rings. The molecular formula is C27H29F3N2O4S. The van der Waals surface area contributed by atoms with Gasteiger partial charge >= 0.3 is 12.1 Å². The van der Waals surface area contributed by atoms with E-state index in [-0.39, 0.29) is 17.9 Å². The van der Waals surface area contributed by atoms with Crippen LogP contribution in [-0.2, 0) is 17.6 Å². The molecule has 0 radical (unpaired) electrons. The molecule has 1 atom stereocenters. The first-order valence-electron chi connectivity index (χ1n) is 12.1. The van der Waals surface area contributed by atoms with Crippen molar-refractivity contribution in [1.82, 2.24) is 10.3 Å². The summed E-state index contributed by atoms with van der Waals surface area (Å²) in [6.07, 6.45) is -0.0907. The highest BCUT2D eigenvalue weighted by Crippen LogP contribution is 2.41. The topological polar surface area (TPSA) is 88.5 Å². The number of carbonyl (C=O) groups excluding carboxylic acids is 1. The fourth-order valence-electron chi connectivity index (χ4n) is 4.46. The predicted molar refractivity (Wildman–Crippen MR) is 135 cm³/mol. The molecular weight excluding hydrogens is 505 g/mol. The van der Waals surface area contributed by atoms with Gasteiger partial charge in [0.25, 0.3) is 5.91 Å². The van der Waals surface area contributed by atoms with Crippen molar-refractivity contribution in [2.75, 3.05) is 0 Å². The van der Waals surface area contributed by atoms with E-state index in [9.17, 15) is 27.9 Å². The second-order valence-corrected chi connectivity index (χ2v) is 11.5. The van der Waals surface area contributed by atoms with Gasteiger partial charge in [0.15, 0.2) is 5.75 Å². The molecule has 1 amide bonds. The summed E-state index contributed by atoms with van der Waals surface area (Å²) in [5.41, 5.74) is -0.405. The van der Waals surface area contributed by atoms with Gasteiger partial charge in [0.1, 0.15) is 18.2 Å². The molecule has 10 heteroatoms. The van der Waals surface area contributed by atoms with Gasteiger partial charge in [-0.1, -0.05) is 45.7 Å². The molecule has 0 unspecified atom stereocenters. The number of carbonyl (C=O) groups is 2. The van der Waals surface area contributed by atoms with Crippen LogP contribution >= 0.6 is 11.3 Å². The van der Waals surface area contributed by atoms with E-state index in [1.165, 1.54) is 23.5 Å². The highest BCUT2D eigenvalue weighted by atomic mass is 32.1. The number of fused-ring (bicyclic) bond motifs is 1. The third-order valence-electron chi connectivity index (χ3n) is 6.53. The Morgan fingerprint density at radius 1 is 1.11 bits per heavy atom. The van der Waals surface area contributed by atoms with Gasteiger partial charge in [-0.15, -0.1) is 11.3 Å². The summed E-state index contributed by atoms with van der Waals surface area (Å²) in [4.78, 5) is 29.9. The maximum Gasteiger partial charge on any atom is 0.416 e. The summed E-state index contributed by atoms with van der Waals surface area (Å²) in [5, 5.41) is 13.2. The van der Waals surface area contributed by atoms with Crippen LogP contribution < -0.4 is 10.1 Å². The Morgan fingerprint density at radius 2 is 1.76 bits per heavy atom. The average molecular weight is 535 g/mol. The minimum absolute atomic E-state index is 0.0878. The first-order chi connectivity index (χ1) is 17.3. The van der Waals surface area contributed by atoms with Gasteiger partial charge in [-0.3, -0.25) is 4.79 Å². The Bertz CT molecular complexity index is 1290. The Hall–Kier alpha value is -3.14. The number of nitrogens with one attached hydrogen (secondary N) is 1. The number of alkyl halides is 3. The average Bonchev–Trinajstić information content (AvgIpc) is 3.49. The molecule has 1 aliphatic carbocycles. The normalized spacial score (nSPS) is 15.6. The number of benzene rings is 2. The molecule has 0 bridgehead atoms. The van der Waals surface area contributed by atoms with E-state index < -0.39 is 35.1 Å². The van der Waals surface area contributed by atoms with Gasteiger partial charge in [-0.05, 0) is 48.1 Å². The summed E-state index contributed by atoms with van der Waals surface area (Å²) in [5.74, 6) is -1.25. The molecule has 0 spiro atoms. The van der Waals surface area contributed by atoms with E-state index in [0.717, 1.165) is 47.5 Å². The van der Waals surface area contributed by atoms with Crippen molar-refractivity contribution in [3.63, 3.8) is 0 Å². The molecule has 4 rings (SSSR count). The van der Waals surface area contributed by atoms with Crippen LogP contribution in [0.5, 0.6) is 5.75 Å². The van der Waals surface area contributed by atoms with E-state index in [0.29, 0.717) is 17.0 Å². The lowest BCUT2D eigenvalue weighted by Crippen LogP contribution is -2.49. The standard InChI is InChI=1S/C27H29F3N2O4S/c1-26(2,3)22(25(34)35)32-23(33)18-12-13-19-20(31-24(37-19)16-6-4-5-7-16)21(18)36-14-15-8-10-17(11-9-15)27(28,29)30/h8-13,16,22H,4-7,14H2,1-3H3,(H,32,33)(H,34,35)/t22-/m1/s1. The summed E-state index contributed by atoms with van der Waals surface area (Å²) < 4.78 is 45.7. The van der Waals surface area contributed by atoms with Crippen molar-refractivity contribution in [3.05, 3.63) is 58.1 Å². The number of aliphatic carboxylic acids is 1. The number of hydrogen-bond acceptors (Lipinski definition) is 5. The van der Waals surface area contributed by atoms with Gasteiger partial charge in [-0.2, -0.15) is 13.2 Å². The minimum Gasteiger partial charge on any atom is -0.486 e. The molecule has 1 heterocycles. The molecule has 0 saturated heterocycles. The Kier molecular flexibility index (Phi) is 7.50. The molecule has 1 aromatic heterocycles. The second-order valence-electron chi connectivity index (χ2n) is 10.4. The van der Waals surface area contributed by atoms with Crippen LogP contribution in [0.15, 0.2) is 36.4 Å². The van der Waals surface area contributed by atoms with Gasteiger partial charge in [-0.25, -0.2) is 9.78 Å². The molecule has 2 aromatic carbocycles. The third-order valence-corrected chi connectivity index (χ3v) is 7.72. The molecule has 1 aliphatic rings. The molecule has 0 aliphatic heterocycles. The molecule has 2 N–H and O–H groups in total. The molecule has 37 heavy (non-hydrogen) atoms. The van der Waals surface area contributed by atoms with Crippen molar-refractivity contribution in [2.24, 2.45) is 5.41 Å². The number of nitrogens with zero attached hydrogens (tertiary/aromatic N) is 1. The van der Waals surface area contributed by atoms with E-state index >= 15 is 0 Å². The summed E-state index contributed by atoms with van der Waals surface area (Å²) in [6, 6.07) is 6.82. The Balaban J connectivity index is 1.69. The third kappa shape index (κ3) is 6.06. The molecule has 198 valence electrons. The zero-order chi connectivity index (χ0) is 27.0. The van der Waals surface area contributed by atoms with Crippen molar-refractivity contribution >= 4 is 33.4 Å². The number of amides is 1. The minimum atomic E-state index is -4.44. The zero-order valence-corrected chi connectivity index (χ0v) is 21.6. The van der Waals surface area contributed by atoms with E-state index in [1.54, 1.807) is 32.9 Å². The lowest BCUT2D eigenvalue weighted by Gasteiger charge is -2.28. The van der Waals surface area contributed by atoms with Gasteiger partial charge in [0.2, 0.25) is 0 Å². The smallest absolute Gasteiger partial charge is 0.416 e. The maximum atomic E-state index is 13.3. The van der Waals surface area contributed by atoms with Crippen molar-refractivity contribution < 1.29 is 32.6 Å². The predicted octanol–water partition coefficient (Wildman–Crippen LogP) is 6.78. The number of carboxylic acids is 1. The van der Waals surface area contributed by atoms with Crippen molar-refractivity contribution in [2.45, 2.75) is 71.2 Å². The SMILES string of the molecule is CC(C)(C)[C@H](NC(=O)c1ccc2sc(C3CCCC3)nc2c1OCc1ccc(C(F)(F)F)cc1)C(=O)O. The Labute approximate surface area is 216 Å². The van der Waals surface area contributed by atoms with Crippen molar-refractivity contribution in [1.29, 1.82) is 0 Å². The number of aromatic nitrogens is 1. The second kappa shape index (κ2) is 10.3.